The molecule has 252 valence electrons. The Morgan fingerprint density at radius 1 is 0.812 bits per heavy atom. The van der Waals surface area contributed by atoms with Crippen molar-refractivity contribution in [2.45, 2.75) is 75.9 Å². The molecule has 0 radical (unpaired) electrons. The molecule has 1 atom stereocenters. The first kappa shape index (κ1) is 34.7. The third-order valence-corrected chi connectivity index (χ3v) is 10.5. The topological polar surface area (TPSA) is 96.0 Å². The van der Waals surface area contributed by atoms with E-state index in [-0.39, 0.29) is 29.8 Å². The molecule has 2 amide bonds. The number of carbonyl (C=O) groups excluding carboxylic acids is 2. The highest BCUT2D eigenvalue weighted by Gasteiger charge is 2.35. The first-order valence-corrected chi connectivity index (χ1v) is 18.2. The summed E-state index contributed by atoms with van der Waals surface area (Å²) in [5.74, 6) is -0.156. The molecule has 1 aliphatic rings. The zero-order valence-corrected chi connectivity index (χ0v) is 28.6. The van der Waals surface area contributed by atoms with Crippen molar-refractivity contribution in [1.82, 2.24) is 10.2 Å². The highest BCUT2D eigenvalue weighted by Crippen LogP contribution is 2.27. The summed E-state index contributed by atoms with van der Waals surface area (Å²) in [7, 11) is -4.20. The van der Waals surface area contributed by atoms with Crippen LogP contribution in [0.4, 0.5) is 5.69 Å². The number of nitrogens with zero attached hydrogens (tertiary/aromatic N) is 2. The van der Waals surface area contributed by atoms with Crippen molar-refractivity contribution in [3.63, 3.8) is 0 Å². The molecular formula is C39H45N3O5S. The van der Waals surface area contributed by atoms with Gasteiger partial charge in [-0.3, -0.25) is 13.9 Å². The predicted molar refractivity (Wildman–Crippen MR) is 189 cm³/mol. The van der Waals surface area contributed by atoms with E-state index in [9.17, 15) is 18.0 Å². The number of aryl methyl sites for hydroxylation is 1. The minimum absolute atomic E-state index is 0.0322. The molecule has 1 fully saturated rings. The zero-order chi connectivity index (χ0) is 33.9. The predicted octanol–water partition coefficient (Wildman–Crippen LogP) is 6.68. The van der Waals surface area contributed by atoms with E-state index in [1.165, 1.54) is 12.1 Å². The van der Waals surface area contributed by atoms with Gasteiger partial charge in [-0.25, -0.2) is 8.42 Å². The van der Waals surface area contributed by atoms with Crippen molar-refractivity contribution in [2.75, 3.05) is 17.5 Å². The molecule has 1 saturated carbocycles. The van der Waals surface area contributed by atoms with Gasteiger partial charge in [-0.15, -0.1) is 0 Å². The fourth-order valence-electron chi connectivity index (χ4n) is 6.12. The van der Waals surface area contributed by atoms with E-state index >= 15 is 0 Å². The maximum Gasteiger partial charge on any atom is 0.264 e. The van der Waals surface area contributed by atoms with Crippen LogP contribution in [0.15, 0.2) is 114 Å². The Morgan fingerprint density at radius 3 is 2.02 bits per heavy atom. The smallest absolute Gasteiger partial charge is 0.264 e. The van der Waals surface area contributed by atoms with Gasteiger partial charge in [0, 0.05) is 19.0 Å². The van der Waals surface area contributed by atoms with Gasteiger partial charge in [-0.2, -0.15) is 0 Å². The summed E-state index contributed by atoms with van der Waals surface area (Å²) in [4.78, 5) is 30.4. The van der Waals surface area contributed by atoms with Gasteiger partial charge in [0.1, 0.15) is 18.3 Å². The van der Waals surface area contributed by atoms with Crippen molar-refractivity contribution < 1.29 is 22.7 Å². The molecule has 8 nitrogen and oxygen atoms in total. The number of anilines is 1. The minimum atomic E-state index is -4.20. The molecule has 5 rings (SSSR count). The molecule has 0 aliphatic heterocycles. The second-order valence-corrected chi connectivity index (χ2v) is 14.2. The molecule has 48 heavy (non-hydrogen) atoms. The third-order valence-electron chi connectivity index (χ3n) is 8.74. The summed E-state index contributed by atoms with van der Waals surface area (Å²) in [5, 5.41) is 3.25. The fourth-order valence-corrected chi connectivity index (χ4v) is 7.53. The Morgan fingerprint density at radius 2 is 1.42 bits per heavy atom. The van der Waals surface area contributed by atoms with E-state index in [1.807, 2.05) is 86.6 Å². The second kappa shape index (κ2) is 16.5. The van der Waals surface area contributed by atoms with Gasteiger partial charge in [0.05, 0.1) is 17.2 Å². The van der Waals surface area contributed by atoms with Crippen LogP contribution in [0.25, 0.3) is 0 Å². The standard InChI is InChI=1S/C39H45N3O5S/c1-3-47-35-23-25-36(26-24-35)48(45,46)42(34-21-19-30(2)20-22-34)29-38(43)41(28-32-15-9-5-10-16-32)37(27-31-13-7-4-8-14-31)39(44)40-33-17-11-6-12-18-33/h4-5,7-10,13-16,19-26,33,37H,3,6,11-12,17-18,27-29H2,1-2H3,(H,40,44)/t37-/m1/s1. The molecule has 4 aromatic carbocycles. The number of nitrogens with one attached hydrogen (secondary N) is 1. The lowest BCUT2D eigenvalue weighted by atomic mass is 9.94. The first-order valence-electron chi connectivity index (χ1n) is 16.7. The average molecular weight is 668 g/mol. The number of hydrogen-bond acceptors (Lipinski definition) is 5. The number of hydrogen-bond donors (Lipinski definition) is 1. The van der Waals surface area contributed by atoms with Gasteiger partial charge in [0.25, 0.3) is 10.0 Å². The van der Waals surface area contributed by atoms with E-state index in [0.29, 0.717) is 18.0 Å². The number of ether oxygens (including phenoxy) is 1. The van der Waals surface area contributed by atoms with Gasteiger partial charge in [0.2, 0.25) is 11.8 Å². The molecule has 0 bridgehead atoms. The molecule has 0 aromatic heterocycles. The van der Waals surface area contributed by atoms with Crippen LogP contribution >= 0.6 is 0 Å². The lowest BCUT2D eigenvalue weighted by molar-refractivity contribution is -0.140. The summed E-state index contributed by atoms with van der Waals surface area (Å²) in [6, 6.07) is 31.5. The van der Waals surface area contributed by atoms with Crippen molar-refractivity contribution in [3.8, 4) is 5.75 Å². The van der Waals surface area contributed by atoms with Gasteiger partial charge in [-0.1, -0.05) is 97.6 Å². The van der Waals surface area contributed by atoms with Gasteiger partial charge in [0.15, 0.2) is 0 Å². The summed E-state index contributed by atoms with van der Waals surface area (Å²) in [6.07, 6.45) is 5.34. The second-order valence-electron chi connectivity index (χ2n) is 12.3. The number of benzene rings is 4. The third kappa shape index (κ3) is 9.04. The van der Waals surface area contributed by atoms with Gasteiger partial charge >= 0.3 is 0 Å². The molecule has 0 saturated heterocycles. The summed E-state index contributed by atoms with van der Waals surface area (Å²) in [5.41, 5.74) is 3.06. The van der Waals surface area contributed by atoms with E-state index in [1.54, 1.807) is 29.2 Å². The van der Waals surface area contributed by atoms with Crippen LogP contribution in [-0.4, -0.2) is 50.4 Å². The quantitative estimate of drug-likeness (QED) is 0.162. The Labute approximate surface area is 284 Å². The summed E-state index contributed by atoms with van der Waals surface area (Å²) in [6.45, 7) is 3.87. The maximum absolute atomic E-state index is 14.7. The Balaban J connectivity index is 1.54. The molecule has 0 unspecified atom stereocenters. The lowest BCUT2D eigenvalue weighted by Gasteiger charge is -2.35. The van der Waals surface area contributed by atoms with Crippen LogP contribution in [0.5, 0.6) is 5.75 Å². The Hall–Kier alpha value is -4.63. The number of sulfonamides is 1. The Bertz CT molecular complexity index is 1720. The largest absolute Gasteiger partial charge is 0.494 e. The monoisotopic (exact) mass is 667 g/mol. The highest BCUT2D eigenvalue weighted by molar-refractivity contribution is 7.92. The van der Waals surface area contributed by atoms with Gasteiger partial charge < -0.3 is 15.0 Å². The van der Waals surface area contributed by atoms with Crippen LogP contribution in [-0.2, 0) is 32.6 Å². The average Bonchev–Trinajstić information content (AvgIpc) is 3.11. The molecule has 0 spiro atoms. The van der Waals surface area contributed by atoms with E-state index in [2.05, 4.69) is 5.32 Å². The summed E-state index contributed by atoms with van der Waals surface area (Å²) >= 11 is 0. The molecule has 0 heterocycles. The molecule has 1 N–H and O–H groups in total. The molecule has 1 aliphatic carbocycles. The number of rotatable bonds is 14. The van der Waals surface area contributed by atoms with Crippen molar-refractivity contribution in [1.29, 1.82) is 0 Å². The van der Waals surface area contributed by atoms with Crippen LogP contribution in [0.2, 0.25) is 0 Å². The minimum Gasteiger partial charge on any atom is -0.494 e. The molecule has 4 aromatic rings. The van der Waals surface area contributed by atoms with E-state index < -0.39 is 28.5 Å². The number of amides is 2. The zero-order valence-electron chi connectivity index (χ0n) is 27.8. The first-order chi connectivity index (χ1) is 23.2. The van der Waals surface area contributed by atoms with Crippen molar-refractivity contribution in [2.24, 2.45) is 0 Å². The van der Waals surface area contributed by atoms with Crippen LogP contribution in [0.3, 0.4) is 0 Å². The Kier molecular flexibility index (Phi) is 11.9. The molecule has 9 heteroatoms. The van der Waals surface area contributed by atoms with E-state index in [0.717, 1.165) is 53.1 Å². The van der Waals surface area contributed by atoms with E-state index in [4.69, 9.17) is 4.74 Å². The lowest BCUT2D eigenvalue weighted by Crippen LogP contribution is -2.55. The highest BCUT2D eigenvalue weighted by atomic mass is 32.2. The van der Waals surface area contributed by atoms with Gasteiger partial charge in [-0.05, 0) is 74.2 Å². The summed E-state index contributed by atoms with van der Waals surface area (Å²) < 4.78 is 35.3. The van der Waals surface area contributed by atoms with Crippen molar-refractivity contribution >= 4 is 27.5 Å². The maximum atomic E-state index is 14.7. The van der Waals surface area contributed by atoms with Crippen LogP contribution < -0.4 is 14.4 Å². The number of carbonyl (C=O) groups is 2. The SMILES string of the molecule is CCOc1ccc(S(=O)(=O)N(CC(=O)N(Cc2ccccc2)[C@H](Cc2ccccc2)C(=O)NC2CCCCC2)c2ccc(C)cc2)cc1. The van der Waals surface area contributed by atoms with Crippen LogP contribution in [0, 0.1) is 6.92 Å². The molecular weight excluding hydrogens is 623 g/mol. The fraction of sp³-hybridized carbons (Fsp3) is 0.333. The normalized spacial score (nSPS) is 14.1. The van der Waals surface area contributed by atoms with Crippen molar-refractivity contribution in [3.05, 3.63) is 126 Å². The van der Waals surface area contributed by atoms with Crippen LogP contribution in [0.1, 0.15) is 55.7 Å².